The van der Waals surface area contributed by atoms with E-state index < -0.39 is 0 Å². The Bertz CT molecular complexity index is 564. The van der Waals surface area contributed by atoms with Crippen LogP contribution in [0.15, 0.2) is 42.5 Å². The highest BCUT2D eigenvalue weighted by Gasteiger charge is 2.07. The third-order valence-corrected chi connectivity index (χ3v) is 3.43. The number of benzene rings is 2. The Labute approximate surface area is 126 Å². The third kappa shape index (κ3) is 3.99. The summed E-state index contributed by atoms with van der Waals surface area (Å²) in [5.74, 6) is 1.63. The van der Waals surface area contributed by atoms with Gasteiger partial charge in [-0.3, -0.25) is 0 Å². The maximum atomic E-state index is 5.46. The summed E-state index contributed by atoms with van der Waals surface area (Å²) in [6, 6.07) is 14.5. The van der Waals surface area contributed by atoms with Crippen LogP contribution in [0.2, 0.25) is 0 Å². The fourth-order valence-corrected chi connectivity index (χ4v) is 2.25. The summed E-state index contributed by atoms with van der Waals surface area (Å²) in [6.45, 7) is 4.13. The van der Waals surface area contributed by atoms with Crippen molar-refractivity contribution in [2.45, 2.75) is 19.9 Å². The number of hydrogen-bond acceptors (Lipinski definition) is 3. The van der Waals surface area contributed by atoms with Crippen LogP contribution in [0.4, 0.5) is 0 Å². The Kier molecular flexibility index (Phi) is 5.64. The molecule has 0 heterocycles. The monoisotopic (exact) mass is 285 g/mol. The number of rotatable bonds is 7. The zero-order valence-corrected chi connectivity index (χ0v) is 13.0. The smallest absolute Gasteiger partial charge is 0.130 e. The van der Waals surface area contributed by atoms with Gasteiger partial charge < -0.3 is 14.8 Å². The average Bonchev–Trinajstić information content (AvgIpc) is 2.55. The fraction of sp³-hybridized carbons (Fsp3) is 0.333. The van der Waals surface area contributed by atoms with Crippen molar-refractivity contribution in [2.75, 3.05) is 20.8 Å². The van der Waals surface area contributed by atoms with Crippen LogP contribution in [-0.4, -0.2) is 20.8 Å². The zero-order valence-electron chi connectivity index (χ0n) is 13.0. The van der Waals surface area contributed by atoms with E-state index in [2.05, 4.69) is 36.5 Å². The molecule has 3 nitrogen and oxygen atoms in total. The molecule has 0 aliphatic heterocycles. The van der Waals surface area contributed by atoms with E-state index in [0.29, 0.717) is 0 Å². The lowest BCUT2D eigenvalue weighted by atomic mass is 10.0. The largest absolute Gasteiger partial charge is 0.497 e. The van der Waals surface area contributed by atoms with E-state index in [4.69, 9.17) is 9.47 Å². The van der Waals surface area contributed by atoms with Crippen LogP contribution >= 0.6 is 0 Å². The minimum Gasteiger partial charge on any atom is -0.497 e. The molecule has 0 bridgehead atoms. The number of methoxy groups -OCH3 is 2. The Morgan fingerprint density at radius 1 is 0.952 bits per heavy atom. The third-order valence-electron chi connectivity index (χ3n) is 3.43. The summed E-state index contributed by atoms with van der Waals surface area (Å²) >= 11 is 0. The normalized spacial score (nSPS) is 10.4. The van der Waals surface area contributed by atoms with Gasteiger partial charge in [-0.2, -0.15) is 0 Å². The van der Waals surface area contributed by atoms with Crippen molar-refractivity contribution in [3.63, 3.8) is 0 Å². The topological polar surface area (TPSA) is 30.5 Å². The Morgan fingerprint density at radius 2 is 1.71 bits per heavy atom. The van der Waals surface area contributed by atoms with Gasteiger partial charge in [0, 0.05) is 18.2 Å². The second-order valence-electron chi connectivity index (χ2n) is 4.94. The first kappa shape index (κ1) is 15.4. The highest BCUT2D eigenvalue weighted by molar-refractivity contribution is 5.71. The molecule has 0 spiro atoms. The Morgan fingerprint density at radius 3 is 2.33 bits per heavy atom. The van der Waals surface area contributed by atoms with Crippen LogP contribution in [0.1, 0.15) is 18.9 Å². The molecule has 3 heteroatoms. The molecule has 0 unspecified atom stereocenters. The highest BCUT2D eigenvalue weighted by atomic mass is 16.5. The SMILES string of the molecule is CCCNCc1ccc(-c2ccc(OC)cc2OC)cc1. The first-order valence-electron chi connectivity index (χ1n) is 7.30. The summed E-state index contributed by atoms with van der Waals surface area (Å²) in [6.07, 6.45) is 1.15. The highest BCUT2D eigenvalue weighted by Crippen LogP contribution is 2.33. The molecule has 0 aliphatic rings. The lowest BCUT2D eigenvalue weighted by Crippen LogP contribution is -2.13. The first-order valence-corrected chi connectivity index (χ1v) is 7.30. The minimum atomic E-state index is 0.802. The maximum Gasteiger partial charge on any atom is 0.130 e. The molecule has 1 N–H and O–H groups in total. The maximum absolute atomic E-state index is 5.46. The van der Waals surface area contributed by atoms with Crippen molar-refractivity contribution in [1.82, 2.24) is 5.32 Å². The summed E-state index contributed by atoms with van der Waals surface area (Å²) in [5.41, 5.74) is 3.51. The van der Waals surface area contributed by atoms with Gasteiger partial charge in [-0.05, 0) is 36.2 Å². The molecule has 0 amide bonds. The predicted octanol–water partition coefficient (Wildman–Crippen LogP) is 3.87. The molecule has 0 saturated carbocycles. The van der Waals surface area contributed by atoms with Crippen LogP contribution < -0.4 is 14.8 Å². The fourth-order valence-electron chi connectivity index (χ4n) is 2.25. The molecule has 0 atom stereocenters. The first-order chi connectivity index (χ1) is 10.3. The summed E-state index contributed by atoms with van der Waals surface area (Å²) in [5, 5.41) is 3.41. The van der Waals surface area contributed by atoms with E-state index in [1.54, 1.807) is 14.2 Å². The van der Waals surface area contributed by atoms with Crippen molar-refractivity contribution >= 4 is 0 Å². The minimum absolute atomic E-state index is 0.802. The number of nitrogens with one attached hydrogen (secondary N) is 1. The Hall–Kier alpha value is -2.00. The quantitative estimate of drug-likeness (QED) is 0.783. The molecular weight excluding hydrogens is 262 g/mol. The van der Waals surface area contributed by atoms with E-state index in [0.717, 1.165) is 42.1 Å². The predicted molar refractivity (Wildman–Crippen MR) is 87.0 cm³/mol. The molecule has 2 aromatic rings. The van der Waals surface area contributed by atoms with Crippen LogP contribution in [0, 0.1) is 0 Å². The molecule has 21 heavy (non-hydrogen) atoms. The van der Waals surface area contributed by atoms with Crippen LogP contribution in [-0.2, 0) is 6.54 Å². The second-order valence-corrected chi connectivity index (χ2v) is 4.94. The van der Waals surface area contributed by atoms with Gasteiger partial charge in [0.15, 0.2) is 0 Å². The van der Waals surface area contributed by atoms with Gasteiger partial charge >= 0.3 is 0 Å². The van der Waals surface area contributed by atoms with Crippen molar-refractivity contribution in [3.05, 3.63) is 48.0 Å². The molecular formula is C18H23NO2. The molecule has 0 fully saturated rings. The zero-order chi connectivity index (χ0) is 15.1. The van der Waals surface area contributed by atoms with E-state index >= 15 is 0 Å². The van der Waals surface area contributed by atoms with Gasteiger partial charge in [0.25, 0.3) is 0 Å². The molecule has 2 rings (SSSR count). The number of ether oxygens (including phenoxy) is 2. The average molecular weight is 285 g/mol. The summed E-state index contributed by atoms with van der Waals surface area (Å²) < 4.78 is 10.7. The summed E-state index contributed by atoms with van der Waals surface area (Å²) in [4.78, 5) is 0. The van der Waals surface area contributed by atoms with Crippen LogP contribution in [0.3, 0.4) is 0 Å². The van der Waals surface area contributed by atoms with Crippen molar-refractivity contribution in [2.24, 2.45) is 0 Å². The molecule has 0 aliphatic carbocycles. The van der Waals surface area contributed by atoms with Crippen molar-refractivity contribution < 1.29 is 9.47 Å². The lowest BCUT2D eigenvalue weighted by molar-refractivity contribution is 0.395. The van der Waals surface area contributed by atoms with Gasteiger partial charge in [0.1, 0.15) is 11.5 Å². The van der Waals surface area contributed by atoms with Crippen LogP contribution in [0.5, 0.6) is 11.5 Å². The van der Waals surface area contributed by atoms with Gasteiger partial charge in [-0.15, -0.1) is 0 Å². The standard InChI is InChI=1S/C18H23NO2/c1-4-11-19-13-14-5-7-15(8-6-14)17-10-9-16(20-2)12-18(17)21-3/h5-10,12,19H,4,11,13H2,1-3H3. The Balaban J connectivity index is 2.18. The second kappa shape index (κ2) is 7.70. The molecule has 2 aromatic carbocycles. The molecule has 112 valence electrons. The van der Waals surface area contributed by atoms with Crippen molar-refractivity contribution in [1.29, 1.82) is 0 Å². The van der Waals surface area contributed by atoms with E-state index in [-0.39, 0.29) is 0 Å². The van der Waals surface area contributed by atoms with Crippen LogP contribution in [0.25, 0.3) is 11.1 Å². The molecule has 0 aromatic heterocycles. The summed E-state index contributed by atoms with van der Waals surface area (Å²) in [7, 11) is 3.34. The van der Waals surface area contributed by atoms with E-state index in [1.807, 2.05) is 18.2 Å². The van der Waals surface area contributed by atoms with E-state index in [1.165, 1.54) is 5.56 Å². The molecule has 0 saturated heterocycles. The van der Waals surface area contributed by atoms with Gasteiger partial charge in [-0.1, -0.05) is 31.2 Å². The van der Waals surface area contributed by atoms with Crippen molar-refractivity contribution in [3.8, 4) is 22.6 Å². The van der Waals surface area contributed by atoms with E-state index in [9.17, 15) is 0 Å². The van der Waals surface area contributed by atoms with Gasteiger partial charge in [0.2, 0.25) is 0 Å². The van der Waals surface area contributed by atoms with Gasteiger partial charge in [0.05, 0.1) is 14.2 Å². The number of hydrogen-bond donors (Lipinski definition) is 1. The molecule has 0 radical (unpaired) electrons. The van der Waals surface area contributed by atoms with Gasteiger partial charge in [-0.25, -0.2) is 0 Å². The lowest BCUT2D eigenvalue weighted by Gasteiger charge is -2.11.